The zero-order chi connectivity index (χ0) is 24.2. The number of sulfonamides is 1. The Morgan fingerprint density at radius 1 is 1.33 bits per heavy atom. The van der Waals surface area contributed by atoms with Gasteiger partial charge in [0.2, 0.25) is 15.9 Å². The molecule has 1 N–H and O–H groups in total. The third kappa shape index (κ3) is 6.08. The summed E-state index contributed by atoms with van der Waals surface area (Å²) in [5.74, 6) is 7.02. The lowest BCUT2D eigenvalue weighted by Gasteiger charge is -2.37. The van der Waals surface area contributed by atoms with Gasteiger partial charge in [-0.15, -0.1) is 0 Å². The Hall–Kier alpha value is -2.08. The monoisotopic (exact) mass is 476 g/mol. The number of hydrogen-bond donors (Lipinski definition) is 1. The van der Waals surface area contributed by atoms with Crippen LogP contribution in [0.1, 0.15) is 58.4 Å². The highest BCUT2D eigenvalue weighted by atomic mass is 32.2. The summed E-state index contributed by atoms with van der Waals surface area (Å²) in [5.41, 5.74) is 0.704. The Labute approximate surface area is 198 Å². The molecule has 1 heterocycles. The van der Waals surface area contributed by atoms with Crippen molar-refractivity contribution >= 4 is 15.9 Å². The Bertz CT molecular complexity index is 1010. The first-order valence-corrected chi connectivity index (χ1v) is 13.2. The predicted octanol–water partition coefficient (Wildman–Crippen LogP) is 2.87. The van der Waals surface area contributed by atoms with Crippen LogP contribution in [0.15, 0.2) is 23.1 Å². The van der Waals surface area contributed by atoms with E-state index in [0.29, 0.717) is 18.0 Å². The first-order chi connectivity index (χ1) is 15.6. The molecule has 1 amide bonds. The summed E-state index contributed by atoms with van der Waals surface area (Å²) in [6.07, 6.45) is 5.43. The number of ether oxygens (including phenoxy) is 1. The van der Waals surface area contributed by atoms with E-state index < -0.39 is 22.2 Å². The molecule has 1 aliphatic carbocycles. The molecule has 0 unspecified atom stereocenters. The number of carbonyl (C=O) groups is 1. The van der Waals surface area contributed by atoms with Crippen LogP contribution in [-0.2, 0) is 14.8 Å². The number of nitrogens with zero attached hydrogens (tertiary/aromatic N) is 2. The summed E-state index contributed by atoms with van der Waals surface area (Å²) in [7, 11) is -2.18. The van der Waals surface area contributed by atoms with Gasteiger partial charge in [0.05, 0.1) is 13.2 Å². The van der Waals surface area contributed by atoms with Crippen molar-refractivity contribution in [1.29, 1.82) is 0 Å². The highest BCUT2D eigenvalue weighted by Gasteiger charge is 2.38. The van der Waals surface area contributed by atoms with Gasteiger partial charge < -0.3 is 14.7 Å². The molecular weight excluding hydrogens is 440 g/mol. The number of fused-ring (bicyclic) bond motifs is 1. The Morgan fingerprint density at radius 3 is 2.67 bits per heavy atom. The molecule has 3 atom stereocenters. The molecule has 182 valence electrons. The van der Waals surface area contributed by atoms with Crippen molar-refractivity contribution in [2.24, 2.45) is 11.8 Å². The van der Waals surface area contributed by atoms with Gasteiger partial charge in [-0.25, -0.2) is 8.42 Å². The van der Waals surface area contributed by atoms with Gasteiger partial charge in [-0.1, -0.05) is 31.6 Å². The Morgan fingerprint density at radius 2 is 2.03 bits per heavy atom. The van der Waals surface area contributed by atoms with Crippen LogP contribution in [0.5, 0.6) is 5.75 Å². The van der Waals surface area contributed by atoms with E-state index >= 15 is 0 Å². The molecule has 0 spiro atoms. The molecule has 1 fully saturated rings. The van der Waals surface area contributed by atoms with E-state index in [0.717, 1.165) is 6.42 Å². The molecule has 1 aliphatic heterocycles. The maximum absolute atomic E-state index is 13.5. The second-order valence-corrected chi connectivity index (χ2v) is 11.3. The third-order valence-corrected chi connectivity index (χ3v) is 8.78. The number of aliphatic hydroxyl groups excluding tert-OH is 1. The maximum atomic E-state index is 13.5. The average molecular weight is 477 g/mol. The molecular formula is C25H36N2O5S. The van der Waals surface area contributed by atoms with Crippen molar-refractivity contribution in [2.75, 3.05) is 26.7 Å². The van der Waals surface area contributed by atoms with Crippen molar-refractivity contribution in [3.8, 4) is 17.6 Å². The quantitative estimate of drug-likeness (QED) is 0.661. The van der Waals surface area contributed by atoms with Gasteiger partial charge in [0.25, 0.3) is 0 Å². The molecule has 7 nitrogen and oxygen atoms in total. The van der Waals surface area contributed by atoms with E-state index in [9.17, 15) is 18.3 Å². The molecule has 8 heteroatoms. The van der Waals surface area contributed by atoms with Crippen LogP contribution < -0.4 is 4.74 Å². The van der Waals surface area contributed by atoms with Gasteiger partial charge in [0.15, 0.2) is 0 Å². The van der Waals surface area contributed by atoms with Gasteiger partial charge in [0, 0.05) is 44.5 Å². The van der Waals surface area contributed by atoms with Crippen LogP contribution in [0.25, 0.3) is 0 Å². The van der Waals surface area contributed by atoms with Crippen LogP contribution in [0.3, 0.4) is 0 Å². The van der Waals surface area contributed by atoms with Crippen molar-refractivity contribution in [1.82, 2.24) is 9.21 Å². The maximum Gasteiger partial charge on any atom is 0.247 e. The van der Waals surface area contributed by atoms with Crippen molar-refractivity contribution in [3.05, 3.63) is 23.8 Å². The molecule has 0 saturated heterocycles. The highest BCUT2D eigenvalue weighted by Crippen LogP contribution is 2.34. The standard InChI is InChI=1S/C25H36N2O5S/c1-18-15-27(19(2)17-28)33(30,31)25-13-12-22(11-7-10-21-8-5-6-9-21)14-23(25)32-24(18)16-26(4)20(3)29/h12-14,18-19,21,24,28H,5-6,8-10,15-17H2,1-4H3/t18-,19-,24+/m0/s1. The van der Waals surface area contributed by atoms with Crippen LogP contribution >= 0.6 is 0 Å². The largest absolute Gasteiger partial charge is 0.487 e. The molecule has 33 heavy (non-hydrogen) atoms. The highest BCUT2D eigenvalue weighted by molar-refractivity contribution is 7.89. The Balaban J connectivity index is 1.98. The molecule has 0 radical (unpaired) electrons. The Kier molecular flexibility index (Phi) is 8.43. The van der Waals surface area contributed by atoms with Crippen LogP contribution in [-0.4, -0.2) is 67.5 Å². The van der Waals surface area contributed by atoms with E-state index in [2.05, 4.69) is 11.8 Å². The summed E-state index contributed by atoms with van der Waals surface area (Å²) in [6.45, 7) is 5.31. The summed E-state index contributed by atoms with van der Waals surface area (Å²) in [4.78, 5) is 13.5. The molecule has 0 aromatic heterocycles. The first-order valence-electron chi connectivity index (χ1n) is 11.8. The second kappa shape index (κ2) is 10.9. The number of likely N-dealkylation sites (N-methyl/N-ethyl adjacent to an activating group) is 1. The van der Waals surface area contributed by atoms with Gasteiger partial charge in [-0.2, -0.15) is 4.31 Å². The normalized spacial score (nSPS) is 23.9. The van der Waals surface area contributed by atoms with E-state index in [-0.39, 0.29) is 35.6 Å². The first kappa shape index (κ1) is 25.5. The van der Waals surface area contributed by atoms with Gasteiger partial charge in [-0.3, -0.25) is 4.79 Å². The van der Waals surface area contributed by atoms with E-state index in [1.54, 1.807) is 37.1 Å². The minimum Gasteiger partial charge on any atom is -0.487 e. The molecule has 1 saturated carbocycles. The topological polar surface area (TPSA) is 87.2 Å². The van der Waals surface area contributed by atoms with Gasteiger partial charge in [0.1, 0.15) is 16.7 Å². The van der Waals surface area contributed by atoms with Gasteiger partial charge in [-0.05, 0) is 43.9 Å². The number of carbonyl (C=O) groups excluding carboxylic acids is 1. The fraction of sp³-hybridized carbons (Fsp3) is 0.640. The molecule has 2 aliphatic rings. The summed E-state index contributed by atoms with van der Waals surface area (Å²) in [6, 6.07) is 4.36. The minimum atomic E-state index is -3.89. The third-order valence-electron chi connectivity index (χ3n) is 6.76. The van der Waals surface area contributed by atoms with Crippen LogP contribution in [0.2, 0.25) is 0 Å². The smallest absolute Gasteiger partial charge is 0.247 e. The lowest BCUT2D eigenvalue weighted by atomic mass is 10.0. The number of hydrogen-bond acceptors (Lipinski definition) is 5. The van der Waals surface area contributed by atoms with E-state index in [1.807, 2.05) is 6.92 Å². The summed E-state index contributed by atoms with van der Waals surface area (Å²) < 4.78 is 34.6. The predicted molar refractivity (Wildman–Crippen MR) is 127 cm³/mol. The second-order valence-electron chi connectivity index (χ2n) is 9.46. The zero-order valence-electron chi connectivity index (χ0n) is 20.1. The fourth-order valence-electron chi connectivity index (χ4n) is 4.43. The van der Waals surface area contributed by atoms with Gasteiger partial charge >= 0.3 is 0 Å². The molecule has 1 aromatic carbocycles. The van der Waals surface area contributed by atoms with Crippen molar-refractivity contribution in [3.63, 3.8) is 0 Å². The number of benzene rings is 1. The molecule has 3 rings (SSSR count). The molecule has 1 aromatic rings. The number of rotatable bonds is 5. The van der Waals surface area contributed by atoms with E-state index in [4.69, 9.17) is 4.74 Å². The van der Waals surface area contributed by atoms with Crippen molar-refractivity contribution in [2.45, 2.75) is 69.9 Å². The lowest BCUT2D eigenvalue weighted by Crippen LogP contribution is -2.50. The minimum absolute atomic E-state index is 0.0616. The fourth-order valence-corrected chi connectivity index (χ4v) is 6.26. The van der Waals surface area contributed by atoms with Crippen LogP contribution in [0, 0.1) is 23.7 Å². The SMILES string of the molecule is CC(=O)N(C)C[C@H]1Oc2cc(C#CCC3CCCC3)ccc2S(=O)(=O)N([C@@H](C)CO)C[C@@H]1C. The lowest BCUT2D eigenvalue weighted by molar-refractivity contribution is -0.129. The summed E-state index contributed by atoms with van der Waals surface area (Å²) >= 11 is 0. The number of amides is 1. The zero-order valence-corrected chi connectivity index (χ0v) is 20.9. The summed E-state index contributed by atoms with van der Waals surface area (Å²) in [5, 5.41) is 9.72. The van der Waals surface area contributed by atoms with Crippen LogP contribution in [0.4, 0.5) is 0 Å². The average Bonchev–Trinajstić information content (AvgIpc) is 3.29. The van der Waals surface area contributed by atoms with E-state index in [1.165, 1.54) is 36.9 Å². The van der Waals surface area contributed by atoms with Crippen molar-refractivity contribution < 1.29 is 23.1 Å². The molecule has 0 bridgehead atoms. The number of aliphatic hydroxyl groups is 1.